The van der Waals surface area contributed by atoms with Gasteiger partial charge in [0.2, 0.25) is 10.0 Å². The first-order valence-corrected chi connectivity index (χ1v) is 10.9. The molecule has 0 aliphatic carbocycles. The van der Waals surface area contributed by atoms with Crippen molar-refractivity contribution in [3.63, 3.8) is 0 Å². The molecule has 3 N–H and O–H groups in total. The van der Waals surface area contributed by atoms with Crippen LogP contribution in [0.3, 0.4) is 0 Å². The van der Waals surface area contributed by atoms with Gasteiger partial charge in [-0.15, -0.1) is 0 Å². The van der Waals surface area contributed by atoms with Crippen molar-refractivity contribution in [2.24, 2.45) is 0 Å². The second-order valence-corrected chi connectivity index (χ2v) is 8.70. The number of aliphatic hydroxyl groups is 1. The highest BCUT2D eigenvalue weighted by molar-refractivity contribution is 7.92. The normalized spacial score (nSPS) is 13.8. The molecule has 2 unspecified atom stereocenters. The molecule has 0 fully saturated rings. The molecule has 0 amide bonds. The van der Waals surface area contributed by atoms with Crippen molar-refractivity contribution in [1.29, 1.82) is 0 Å². The number of anilines is 1. The lowest BCUT2D eigenvalue weighted by molar-refractivity contribution is 0.0274. The lowest BCUT2D eigenvalue weighted by Crippen LogP contribution is -2.43. The zero-order chi connectivity index (χ0) is 20.0. The first-order valence-electron chi connectivity index (χ1n) is 8.24. The molecule has 2 rings (SSSR count). The summed E-state index contributed by atoms with van der Waals surface area (Å²) in [6.45, 7) is 2.14. The monoisotopic (exact) mass is 432 g/mol. The van der Waals surface area contributed by atoms with E-state index in [1.807, 2.05) is 6.07 Å². The zero-order valence-electron chi connectivity index (χ0n) is 14.9. The van der Waals surface area contributed by atoms with Crippen molar-refractivity contribution in [1.82, 2.24) is 5.32 Å². The van der Waals surface area contributed by atoms with Crippen LogP contribution in [0.2, 0.25) is 10.0 Å². The molecule has 0 radical (unpaired) electrons. The lowest BCUT2D eigenvalue weighted by atomic mass is 10.1. The quantitative estimate of drug-likeness (QED) is 0.529. The molecule has 0 aliphatic heterocycles. The molecule has 0 spiro atoms. The molecule has 9 heteroatoms. The average Bonchev–Trinajstić information content (AvgIpc) is 2.56. The van der Waals surface area contributed by atoms with Crippen LogP contribution in [-0.2, 0) is 16.4 Å². The summed E-state index contributed by atoms with van der Waals surface area (Å²) < 4.78 is 30.8. The lowest BCUT2D eigenvalue weighted by Gasteiger charge is -2.23. The Bertz CT molecular complexity index is 875. The van der Waals surface area contributed by atoms with Crippen LogP contribution in [0.4, 0.5) is 5.69 Å². The van der Waals surface area contributed by atoms with Crippen molar-refractivity contribution < 1.29 is 18.3 Å². The molecule has 27 heavy (non-hydrogen) atoms. The third-order valence-corrected chi connectivity index (χ3v) is 4.93. The Morgan fingerprint density at radius 1 is 1.15 bits per heavy atom. The minimum atomic E-state index is -3.38. The summed E-state index contributed by atoms with van der Waals surface area (Å²) in [7, 11) is -3.38. The number of ether oxygens (including phenoxy) is 1. The second-order valence-electron chi connectivity index (χ2n) is 6.13. The van der Waals surface area contributed by atoms with Gasteiger partial charge < -0.3 is 9.84 Å². The number of rotatable bonds is 9. The second kappa shape index (κ2) is 9.61. The highest BCUT2D eigenvalue weighted by Crippen LogP contribution is 2.23. The molecule has 0 aromatic heterocycles. The summed E-state index contributed by atoms with van der Waals surface area (Å²) in [5, 5.41) is 14.1. The Labute approximate surface area is 169 Å². The standard InChI is InChI=1S/C18H22Cl2N2O4S/c1-12(23)18(21-9-8-13-6-7-16(19)17(20)10-13)26-15-5-3-4-14(11-15)22-27(2,24)25/h3-7,10-12,18,21-23H,8-9H2,1-2H3. The summed E-state index contributed by atoms with van der Waals surface area (Å²) >= 11 is 11.9. The summed E-state index contributed by atoms with van der Waals surface area (Å²) in [6, 6.07) is 11.9. The first kappa shape index (κ1) is 21.8. The van der Waals surface area contributed by atoms with Gasteiger partial charge in [0.1, 0.15) is 11.9 Å². The van der Waals surface area contributed by atoms with Crippen LogP contribution in [0.5, 0.6) is 5.75 Å². The Balaban J connectivity index is 1.97. The Morgan fingerprint density at radius 2 is 1.89 bits per heavy atom. The molecule has 2 aromatic carbocycles. The largest absolute Gasteiger partial charge is 0.473 e. The molecule has 0 saturated heterocycles. The first-order chi connectivity index (χ1) is 12.6. The van der Waals surface area contributed by atoms with Gasteiger partial charge in [0.05, 0.1) is 22.0 Å². The van der Waals surface area contributed by atoms with Gasteiger partial charge in [-0.3, -0.25) is 10.0 Å². The number of halogens is 2. The van der Waals surface area contributed by atoms with Crippen LogP contribution in [0, 0.1) is 0 Å². The van der Waals surface area contributed by atoms with Gasteiger partial charge >= 0.3 is 0 Å². The van der Waals surface area contributed by atoms with Crippen molar-refractivity contribution in [2.75, 3.05) is 17.5 Å². The van der Waals surface area contributed by atoms with E-state index >= 15 is 0 Å². The van der Waals surface area contributed by atoms with E-state index in [0.29, 0.717) is 34.4 Å². The summed E-state index contributed by atoms with van der Waals surface area (Å²) in [5.41, 5.74) is 1.38. The van der Waals surface area contributed by atoms with E-state index in [9.17, 15) is 13.5 Å². The molecule has 0 heterocycles. The minimum absolute atomic E-state index is 0.384. The van der Waals surface area contributed by atoms with Gasteiger partial charge in [-0.2, -0.15) is 0 Å². The van der Waals surface area contributed by atoms with E-state index in [-0.39, 0.29) is 0 Å². The van der Waals surface area contributed by atoms with Crippen LogP contribution in [0.15, 0.2) is 42.5 Å². The fourth-order valence-corrected chi connectivity index (χ4v) is 3.23. The minimum Gasteiger partial charge on any atom is -0.473 e. The maximum atomic E-state index is 11.3. The van der Waals surface area contributed by atoms with Gasteiger partial charge in [-0.1, -0.05) is 35.3 Å². The molecule has 0 saturated carbocycles. The molecule has 0 aliphatic rings. The Kier molecular flexibility index (Phi) is 7.76. The van der Waals surface area contributed by atoms with Gasteiger partial charge in [-0.25, -0.2) is 8.42 Å². The van der Waals surface area contributed by atoms with E-state index < -0.39 is 22.4 Å². The Morgan fingerprint density at radius 3 is 2.52 bits per heavy atom. The fourth-order valence-electron chi connectivity index (χ4n) is 2.36. The van der Waals surface area contributed by atoms with Crippen LogP contribution in [0.1, 0.15) is 12.5 Å². The van der Waals surface area contributed by atoms with Crippen LogP contribution in [-0.4, -0.2) is 38.7 Å². The van der Waals surface area contributed by atoms with E-state index in [0.717, 1.165) is 11.8 Å². The smallest absolute Gasteiger partial charge is 0.229 e. The summed E-state index contributed by atoms with van der Waals surface area (Å²) in [5.74, 6) is 0.427. The van der Waals surface area contributed by atoms with E-state index in [2.05, 4.69) is 10.0 Å². The summed E-state index contributed by atoms with van der Waals surface area (Å²) in [6.07, 6.45) is 0.287. The van der Waals surface area contributed by atoms with Crippen LogP contribution >= 0.6 is 23.2 Å². The molecule has 6 nitrogen and oxygen atoms in total. The van der Waals surface area contributed by atoms with E-state index in [1.54, 1.807) is 43.3 Å². The van der Waals surface area contributed by atoms with Crippen molar-refractivity contribution >= 4 is 38.9 Å². The summed E-state index contributed by atoms with van der Waals surface area (Å²) in [4.78, 5) is 0. The predicted octanol–water partition coefficient (Wildman–Crippen LogP) is 3.28. The number of nitrogens with one attached hydrogen (secondary N) is 2. The Hall–Kier alpha value is -1.51. The molecular weight excluding hydrogens is 411 g/mol. The van der Waals surface area contributed by atoms with Crippen LogP contribution < -0.4 is 14.8 Å². The van der Waals surface area contributed by atoms with E-state index in [4.69, 9.17) is 27.9 Å². The third-order valence-electron chi connectivity index (χ3n) is 3.58. The number of hydrogen-bond acceptors (Lipinski definition) is 5. The van der Waals surface area contributed by atoms with Crippen molar-refractivity contribution in [2.45, 2.75) is 25.7 Å². The predicted molar refractivity (Wildman–Crippen MR) is 109 cm³/mol. The molecule has 2 aromatic rings. The number of aliphatic hydroxyl groups excluding tert-OH is 1. The SMILES string of the molecule is CC(O)C(NCCc1ccc(Cl)c(Cl)c1)Oc1cccc(NS(C)(=O)=O)c1. The van der Waals surface area contributed by atoms with Gasteiger partial charge in [0.25, 0.3) is 0 Å². The van der Waals surface area contributed by atoms with Gasteiger partial charge in [0.15, 0.2) is 6.23 Å². The molecule has 2 atom stereocenters. The maximum Gasteiger partial charge on any atom is 0.229 e. The van der Waals surface area contributed by atoms with E-state index in [1.165, 1.54) is 0 Å². The van der Waals surface area contributed by atoms with Crippen molar-refractivity contribution in [3.8, 4) is 5.75 Å². The molecule has 148 valence electrons. The maximum absolute atomic E-state index is 11.3. The van der Waals surface area contributed by atoms with Crippen molar-refractivity contribution in [3.05, 3.63) is 58.1 Å². The highest BCUT2D eigenvalue weighted by Gasteiger charge is 2.16. The third kappa shape index (κ3) is 7.56. The number of hydrogen-bond donors (Lipinski definition) is 3. The molecule has 0 bridgehead atoms. The zero-order valence-corrected chi connectivity index (χ0v) is 17.3. The topological polar surface area (TPSA) is 87.7 Å². The fraction of sp³-hybridized carbons (Fsp3) is 0.333. The average molecular weight is 433 g/mol. The van der Waals surface area contributed by atoms with Gasteiger partial charge in [0, 0.05) is 12.6 Å². The number of sulfonamides is 1. The van der Waals surface area contributed by atoms with Gasteiger partial charge in [-0.05, 0) is 43.2 Å². The highest BCUT2D eigenvalue weighted by atomic mass is 35.5. The van der Waals surface area contributed by atoms with Crippen LogP contribution in [0.25, 0.3) is 0 Å². The number of benzene rings is 2. The molecular formula is C18H22Cl2N2O4S.